The number of carbonyl (C=O) groups is 2. The first kappa shape index (κ1) is 28.5. The Labute approximate surface area is 233 Å². The summed E-state index contributed by atoms with van der Waals surface area (Å²) in [6.07, 6.45) is 0. The Morgan fingerprint density at radius 2 is 1.77 bits per heavy atom. The number of pyridine rings is 1. The van der Waals surface area contributed by atoms with Crippen LogP contribution in [0.2, 0.25) is 5.15 Å². The Bertz CT molecular complexity index is 1400. The highest BCUT2D eigenvalue weighted by Crippen LogP contribution is 2.41. The molecule has 1 N–H and O–H groups in total. The van der Waals surface area contributed by atoms with Crippen LogP contribution in [0.15, 0.2) is 83.9 Å². The van der Waals surface area contributed by atoms with E-state index in [4.69, 9.17) is 11.6 Å². The maximum absolute atomic E-state index is 13.5. The maximum Gasteiger partial charge on any atom is 0.446 e. The van der Waals surface area contributed by atoms with E-state index >= 15 is 0 Å². The molecule has 11 heteroatoms. The number of thioether (sulfide) groups is 1. The van der Waals surface area contributed by atoms with Crippen LogP contribution in [0.3, 0.4) is 0 Å². The standard InChI is InChI=1S/C28H26ClF3N4O2S/c1-17(20-8-6-5-7-9-20)25(37)34-24-15-19(14-23(29)33-24)16-35-26(38)36(18(2)27(35,3)4)21-10-12-22(13-11-21)39-28(30,31)32/h5-15,17H,2,16H2,1,3-4H3,(H,33,34,37). The molecule has 1 fully saturated rings. The number of hydrogen-bond acceptors (Lipinski definition) is 4. The number of urea groups is 1. The molecule has 3 aromatic rings. The van der Waals surface area contributed by atoms with Crippen molar-refractivity contribution in [2.24, 2.45) is 0 Å². The Morgan fingerprint density at radius 1 is 1.13 bits per heavy atom. The summed E-state index contributed by atoms with van der Waals surface area (Å²) in [4.78, 5) is 33.6. The largest absolute Gasteiger partial charge is 0.446 e. The fraction of sp³-hybridized carbons (Fsp3) is 0.250. The van der Waals surface area contributed by atoms with E-state index in [1.165, 1.54) is 29.2 Å². The predicted octanol–water partition coefficient (Wildman–Crippen LogP) is 7.82. The van der Waals surface area contributed by atoms with Crippen molar-refractivity contribution in [1.82, 2.24) is 9.88 Å². The quantitative estimate of drug-likeness (QED) is 0.231. The van der Waals surface area contributed by atoms with Crippen LogP contribution < -0.4 is 10.2 Å². The lowest BCUT2D eigenvalue weighted by atomic mass is 10.00. The van der Waals surface area contributed by atoms with E-state index in [1.807, 2.05) is 44.2 Å². The normalized spacial score (nSPS) is 16.0. The van der Waals surface area contributed by atoms with Gasteiger partial charge in [-0.25, -0.2) is 9.78 Å². The lowest BCUT2D eigenvalue weighted by Crippen LogP contribution is -2.40. The molecular formula is C28H26ClF3N4O2S. The molecule has 1 aromatic heterocycles. The zero-order valence-corrected chi connectivity index (χ0v) is 23.0. The molecule has 0 bridgehead atoms. The summed E-state index contributed by atoms with van der Waals surface area (Å²) in [6.45, 7) is 9.66. The van der Waals surface area contributed by atoms with Crippen molar-refractivity contribution in [2.45, 2.75) is 49.2 Å². The Kier molecular flexibility index (Phi) is 7.99. The molecule has 1 aliphatic heterocycles. The number of aromatic nitrogens is 1. The molecule has 1 aliphatic rings. The van der Waals surface area contributed by atoms with Gasteiger partial charge in [-0.15, -0.1) is 0 Å². The van der Waals surface area contributed by atoms with E-state index in [0.717, 1.165) is 5.56 Å². The minimum Gasteiger partial charge on any atom is -0.310 e. The Hall–Kier alpha value is -3.50. The van der Waals surface area contributed by atoms with E-state index in [0.29, 0.717) is 16.9 Å². The summed E-state index contributed by atoms with van der Waals surface area (Å²) < 4.78 is 38.1. The molecule has 2 heterocycles. The monoisotopic (exact) mass is 574 g/mol. The fourth-order valence-electron chi connectivity index (χ4n) is 4.25. The van der Waals surface area contributed by atoms with Crippen molar-refractivity contribution < 1.29 is 22.8 Å². The number of rotatable bonds is 7. The van der Waals surface area contributed by atoms with E-state index in [9.17, 15) is 22.8 Å². The van der Waals surface area contributed by atoms with Crippen molar-refractivity contribution in [2.75, 3.05) is 10.2 Å². The van der Waals surface area contributed by atoms with Gasteiger partial charge in [-0.2, -0.15) is 13.2 Å². The molecule has 0 spiro atoms. The van der Waals surface area contributed by atoms with Gasteiger partial charge in [-0.1, -0.05) is 48.5 Å². The molecular weight excluding hydrogens is 549 g/mol. The molecule has 1 saturated heterocycles. The van der Waals surface area contributed by atoms with Gasteiger partial charge in [-0.05, 0) is 80.1 Å². The minimum atomic E-state index is -4.41. The second kappa shape index (κ2) is 10.9. The molecule has 4 rings (SSSR count). The first-order valence-corrected chi connectivity index (χ1v) is 13.1. The van der Waals surface area contributed by atoms with Gasteiger partial charge in [0.05, 0.1) is 17.1 Å². The van der Waals surface area contributed by atoms with Crippen LogP contribution in [0.1, 0.15) is 37.8 Å². The van der Waals surface area contributed by atoms with Gasteiger partial charge in [0.25, 0.3) is 0 Å². The van der Waals surface area contributed by atoms with Gasteiger partial charge >= 0.3 is 11.5 Å². The first-order valence-electron chi connectivity index (χ1n) is 12.0. The summed E-state index contributed by atoms with van der Waals surface area (Å²) in [7, 11) is 0. The van der Waals surface area contributed by atoms with Crippen LogP contribution in [0.25, 0.3) is 0 Å². The average molecular weight is 575 g/mol. The number of alkyl halides is 3. The van der Waals surface area contributed by atoms with Crippen LogP contribution in [0.5, 0.6) is 0 Å². The molecule has 204 valence electrons. The average Bonchev–Trinajstić information content (AvgIpc) is 3.02. The fourth-order valence-corrected chi connectivity index (χ4v) is 5.02. The van der Waals surface area contributed by atoms with Crippen LogP contribution in [0, 0.1) is 0 Å². The van der Waals surface area contributed by atoms with Crippen LogP contribution in [0.4, 0.5) is 29.5 Å². The molecule has 6 nitrogen and oxygen atoms in total. The van der Waals surface area contributed by atoms with E-state index in [-0.39, 0.29) is 40.1 Å². The summed E-state index contributed by atoms with van der Waals surface area (Å²) in [5, 5.41) is 2.94. The predicted molar refractivity (Wildman–Crippen MR) is 148 cm³/mol. The number of anilines is 2. The molecule has 0 aliphatic carbocycles. The van der Waals surface area contributed by atoms with Crippen molar-refractivity contribution in [3.05, 3.63) is 95.3 Å². The number of amides is 3. The second-order valence-corrected chi connectivity index (χ2v) is 11.1. The van der Waals surface area contributed by atoms with Crippen LogP contribution >= 0.6 is 23.4 Å². The first-order chi connectivity index (χ1) is 18.3. The third-order valence-corrected chi connectivity index (χ3v) is 7.47. The maximum atomic E-state index is 13.5. The van der Waals surface area contributed by atoms with E-state index in [2.05, 4.69) is 16.9 Å². The highest BCUT2D eigenvalue weighted by Gasteiger charge is 2.47. The molecule has 0 saturated carbocycles. The smallest absolute Gasteiger partial charge is 0.310 e. The third-order valence-electron chi connectivity index (χ3n) is 6.54. The number of hydrogen-bond donors (Lipinski definition) is 1. The topological polar surface area (TPSA) is 65.5 Å². The second-order valence-electron chi connectivity index (χ2n) is 9.56. The highest BCUT2D eigenvalue weighted by atomic mass is 35.5. The summed E-state index contributed by atoms with van der Waals surface area (Å²) in [5.41, 5.74) is -2.87. The van der Waals surface area contributed by atoms with Gasteiger partial charge in [0, 0.05) is 17.1 Å². The van der Waals surface area contributed by atoms with Crippen molar-refractivity contribution >= 4 is 46.8 Å². The Balaban J connectivity index is 1.53. The van der Waals surface area contributed by atoms with Crippen molar-refractivity contribution in [3.63, 3.8) is 0 Å². The summed E-state index contributed by atoms with van der Waals surface area (Å²) in [6, 6.07) is 17.7. The van der Waals surface area contributed by atoms with Gasteiger partial charge in [0.1, 0.15) is 11.0 Å². The van der Waals surface area contributed by atoms with Crippen LogP contribution in [-0.2, 0) is 11.3 Å². The SMILES string of the molecule is C=C1N(c2ccc(SC(F)(F)F)cc2)C(=O)N(Cc2cc(Cl)nc(NC(=O)C(C)c3ccccc3)c2)C1(C)C. The van der Waals surface area contributed by atoms with Gasteiger partial charge in [0.15, 0.2) is 0 Å². The van der Waals surface area contributed by atoms with Gasteiger partial charge < -0.3 is 10.2 Å². The lowest BCUT2D eigenvalue weighted by molar-refractivity contribution is -0.117. The van der Waals surface area contributed by atoms with E-state index in [1.54, 1.807) is 24.0 Å². The molecule has 3 amide bonds. The van der Waals surface area contributed by atoms with Gasteiger partial charge in [0.2, 0.25) is 5.91 Å². The lowest BCUT2D eigenvalue weighted by Gasteiger charge is -2.30. The number of halogens is 4. The van der Waals surface area contributed by atoms with E-state index < -0.39 is 23.0 Å². The third kappa shape index (κ3) is 6.39. The molecule has 39 heavy (non-hydrogen) atoms. The Morgan fingerprint density at radius 3 is 2.38 bits per heavy atom. The summed E-state index contributed by atoms with van der Waals surface area (Å²) >= 11 is 6.04. The summed E-state index contributed by atoms with van der Waals surface area (Å²) in [5.74, 6) is -0.429. The zero-order chi connectivity index (χ0) is 28.5. The number of carbonyl (C=O) groups excluding carboxylic acids is 2. The van der Waals surface area contributed by atoms with Gasteiger partial charge in [-0.3, -0.25) is 9.69 Å². The van der Waals surface area contributed by atoms with Crippen molar-refractivity contribution in [1.29, 1.82) is 0 Å². The molecule has 1 unspecified atom stereocenters. The number of nitrogens with zero attached hydrogens (tertiary/aromatic N) is 3. The molecule has 0 radical (unpaired) electrons. The highest BCUT2D eigenvalue weighted by molar-refractivity contribution is 8.00. The zero-order valence-electron chi connectivity index (χ0n) is 21.4. The molecule has 1 atom stereocenters. The number of nitrogens with one attached hydrogen (secondary N) is 1. The van der Waals surface area contributed by atoms with Crippen LogP contribution in [-0.4, -0.2) is 32.9 Å². The number of benzene rings is 2. The minimum absolute atomic E-state index is 0.0159. The van der Waals surface area contributed by atoms with Crippen molar-refractivity contribution in [3.8, 4) is 0 Å². The molecule has 2 aromatic carbocycles.